The van der Waals surface area contributed by atoms with Gasteiger partial charge in [-0.05, 0) is 42.7 Å². The van der Waals surface area contributed by atoms with E-state index in [2.05, 4.69) is 22.0 Å². The number of rotatable bonds is 12. The molecule has 0 aliphatic carbocycles. The first-order valence-corrected chi connectivity index (χ1v) is 12.8. The monoisotopic (exact) mass is 557 g/mol. The predicted octanol–water partition coefficient (Wildman–Crippen LogP) is 2.83. The van der Waals surface area contributed by atoms with Crippen molar-refractivity contribution in [3.8, 4) is 12.1 Å². The maximum Gasteiger partial charge on any atom is 0.407 e. The molecule has 0 radical (unpaired) electrons. The number of hydrogen-bond donors (Lipinski definition) is 3. The Morgan fingerprint density at radius 3 is 2.36 bits per heavy atom. The van der Waals surface area contributed by atoms with Crippen LogP contribution in [0.15, 0.2) is 36.4 Å². The lowest BCUT2D eigenvalue weighted by Gasteiger charge is -2.33. The maximum atomic E-state index is 13.4. The van der Waals surface area contributed by atoms with Gasteiger partial charge in [-0.1, -0.05) is 26.0 Å². The summed E-state index contributed by atoms with van der Waals surface area (Å²) >= 11 is 1.27. The van der Waals surface area contributed by atoms with Gasteiger partial charge in [0.1, 0.15) is 23.3 Å². The third-order valence-corrected chi connectivity index (χ3v) is 6.11. The maximum absolute atomic E-state index is 13.4. The molecule has 0 bridgehead atoms. The molecule has 1 heterocycles. The third-order valence-electron chi connectivity index (χ3n) is 5.12. The lowest BCUT2D eigenvalue weighted by molar-refractivity contribution is -0.130. The van der Waals surface area contributed by atoms with Crippen LogP contribution in [0.4, 0.5) is 4.79 Å². The zero-order chi connectivity index (χ0) is 29.7. The molecule has 2 aromatic rings. The highest BCUT2D eigenvalue weighted by Gasteiger charge is 2.40. The second-order valence-electron chi connectivity index (χ2n) is 7.62. The number of carbonyl (C=O) groups excluding carboxylic acids is 4. The van der Waals surface area contributed by atoms with E-state index in [1.54, 1.807) is 36.4 Å². The van der Waals surface area contributed by atoms with Crippen LogP contribution in [-0.2, 0) is 36.8 Å². The number of carbonyl (C=O) groups is 4. The standard InChI is InChI=1S/C24H27N5O5S.C2H6.CH2O/c1-33-10-4-9-24(29-23(32)34-2,12-17-5-3-6-18(11-17)13-25)22(31)28-16-21(30)27-15-20-8-7-19(14-26)35-20;2*1-2/h3,5-8,11H,4,9-10,12,15-16H2,1-2H3,(H,27,30)(H,28,31)(H,29,32);1-2H3;1H2. The number of nitrogens with zero attached hydrogens (tertiary/aromatic N) is 2. The minimum atomic E-state index is -1.45. The molecule has 12 heteroatoms. The smallest absolute Gasteiger partial charge is 0.407 e. The highest BCUT2D eigenvalue weighted by molar-refractivity contribution is 7.12. The van der Waals surface area contributed by atoms with Crippen molar-refractivity contribution in [2.24, 2.45) is 0 Å². The average Bonchev–Trinajstić information content (AvgIpc) is 3.45. The molecule has 1 aromatic carbocycles. The van der Waals surface area contributed by atoms with E-state index in [0.717, 1.165) is 4.88 Å². The molecule has 0 aliphatic rings. The quantitative estimate of drug-likeness (QED) is 0.334. The van der Waals surface area contributed by atoms with Gasteiger partial charge in [-0.15, -0.1) is 11.3 Å². The van der Waals surface area contributed by atoms with Gasteiger partial charge in [0.15, 0.2) is 0 Å². The second-order valence-corrected chi connectivity index (χ2v) is 8.79. The van der Waals surface area contributed by atoms with Crippen LogP contribution in [0.25, 0.3) is 0 Å². The summed E-state index contributed by atoms with van der Waals surface area (Å²) in [5.74, 6) is -1.00. The van der Waals surface area contributed by atoms with Gasteiger partial charge in [0.05, 0.1) is 31.8 Å². The first kappa shape index (κ1) is 34.7. The molecule has 0 aliphatic heterocycles. The molecule has 1 atom stereocenters. The molecule has 39 heavy (non-hydrogen) atoms. The van der Waals surface area contributed by atoms with Crippen LogP contribution in [0.5, 0.6) is 0 Å². The number of thiophene rings is 1. The summed E-state index contributed by atoms with van der Waals surface area (Å²) in [4.78, 5) is 47.3. The molecule has 3 N–H and O–H groups in total. The second kappa shape index (κ2) is 19.8. The molecular formula is C27H35N5O6S. The van der Waals surface area contributed by atoms with E-state index in [1.165, 1.54) is 25.6 Å². The Morgan fingerprint density at radius 1 is 1.05 bits per heavy atom. The van der Waals surface area contributed by atoms with E-state index in [-0.39, 0.29) is 25.9 Å². The molecule has 3 amide bonds. The van der Waals surface area contributed by atoms with Crippen molar-refractivity contribution in [2.75, 3.05) is 27.4 Å². The fourth-order valence-electron chi connectivity index (χ4n) is 3.42. The molecule has 210 valence electrons. The molecule has 0 saturated carbocycles. The number of ether oxygens (including phenoxy) is 2. The van der Waals surface area contributed by atoms with Crippen LogP contribution >= 0.6 is 11.3 Å². The van der Waals surface area contributed by atoms with Crippen LogP contribution < -0.4 is 16.0 Å². The van der Waals surface area contributed by atoms with Crippen LogP contribution in [-0.4, -0.2) is 57.6 Å². The summed E-state index contributed by atoms with van der Waals surface area (Å²) in [5, 5.41) is 26.1. The van der Waals surface area contributed by atoms with Gasteiger partial charge in [-0.2, -0.15) is 10.5 Å². The highest BCUT2D eigenvalue weighted by atomic mass is 32.1. The number of benzene rings is 1. The first-order valence-electron chi connectivity index (χ1n) is 12.0. The van der Waals surface area contributed by atoms with E-state index >= 15 is 0 Å². The summed E-state index contributed by atoms with van der Waals surface area (Å²) in [6, 6.07) is 14.2. The van der Waals surface area contributed by atoms with E-state index in [1.807, 2.05) is 26.7 Å². The van der Waals surface area contributed by atoms with Gasteiger partial charge < -0.3 is 30.2 Å². The molecule has 1 aromatic heterocycles. The molecule has 0 fully saturated rings. The van der Waals surface area contributed by atoms with Gasteiger partial charge in [-0.25, -0.2) is 4.79 Å². The summed E-state index contributed by atoms with van der Waals surface area (Å²) < 4.78 is 9.87. The topological polar surface area (TPSA) is 170 Å². The predicted molar refractivity (Wildman–Crippen MR) is 147 cm³/mol. The number of alkyl carbamates (subject to hydrolysis) is 1. The number of nitriles is 2. The molecule has 2 rings (SSSR count). The van der Waals surface area contributed by atoms with E-state index in [9.17, 15) is 19.6 Å². The SMILES string of the molecule is C=O.CC.COCCCC(Cc1cccc(C#N)c1)(NC(=O)OC)C(=O)NCC(=O)NCc1ccc(C#N)s1. The van der Waals surface area contributed by atoms with Crippen molar-refractivity contribution in [1.82, 2.24) is 16.0 Å². The molecule has 0 spiro atoms. The fraction of sp³-hybridized carbons (Fsp3) is 0.407. The Balaban J connectivity index is 0.00000344. The largest absolute Gasteiger partial charge is 0.453 e. The van der Waals surface area contributed by atoms with Crippen LogP contribution in [0, 0.1) is 22.7 Å². The summed E-state index contributed by atoms with van der Waals surface area (Å²) in [5.41, 5.74) is -0.377. The Kier molecular flexibility index (Phi) is 17.6. The minimum Gasteiger partial charge on any atom is -0.453 e. The normalized spacial score (nSPS) is 10.9. The summed E-state index contributed by atoms with van der Waals surface area (Å²) in [7, 11) is 2.72. The number of methoxy groups -OCH3 is 2. The van der Waals surface area contributed by atoms with Gasteiger partial charge in [0.2, 0.25) is 11.8 Å². The third kappa shape index (κ3) is 12.2. The fourth-order valence-corrected chi connectivity index (χ4v) is 4.17. The average molecular weight is 558 g/mol. The van der Waals surface area contributed by atoms with Gasteiger partial charge >= 0.3 is 6.09 Å². The number of hydrogen-bond acceptors (Lipinski definition) is 9. The number of amides is 3. The Labute approximate surface area is 233 Å². The van der Waals surface area contributed by atoms with Crippen molar-refractivity contribution >= 4 is 36.0 Å². The first-order chi connectivity index (χ1) is 18.9. The molecule has 1 unspecified atom stereocenters. The van der Waals surface area contributed by atoms with E-state index in [0.29, 0.717) is 29.0 Å². The van der Waals surface area contributed by atoms with E-state index < -0.39 is 23.4 Å². The Morgan fingerprint density at radius 2 is 1.77 bits per heavy atom. The van der Waals surface area contributed by atoms with Crippen molar-refractivity contribution in [1.29, 1.82) is 10.5 Å². The van der Waals surface area contributed by atoms with Crippen LogP contribution in [0.3, 0.4) is 0 Å². The lowest BCUT2D eigenvalue weighted by Crippen LogP contribution is -2.61. The zero-order valence-electron chi connectivity index (χ0n) is 22.7. The molecule has 11 nitrogen and oxygen atoms in total. The van der Waals surface area contributed by atoms with Gasteiger partial charge in [-0.3, -0.25) is 9.59 Å². The molecule has 0 saturated heterocycles. The van der Waals surface area contributed by atoms with Crippen LogP contribution in [0.1, 0.15) is 47.6 Å². The van der Waals surface area contributed by atoms with Crippen molar-refractivity contribution in [3.05, 3.63) is 57.3 Å². The van der Waals surface area contributed by atoms with Crippen molar-refractivity contribution < 1.29 is 28.7 Å². The van der Waals surface area contributed by atoms with E-state index in [4.69, 9.17) is 19.5 Å². The Bertz CT molecular complexity index is 1140. The Hall–Kier alpha value is -4.26. The summed E-state index contributed by atoms with van der Waals surface area (Å²) in [6.45, 7) is 6.26. The zero-order valence-corrected chi connectivity index (χ0v) is 23.5. The van der Waals surface area contributed by atoms with Crippen molar-refractivity contribution in [2.45, 2.75) is 45.2 Å². The highest BCUT2D eigenvalue weighted by Crippen LogP contribution is 2.22. The van der Waals surface area contributed by atoms with Gasteiger partial charge in [0.25, 0.3) is 0 Å². The van der Waals surface area contributed by atoms with Crippen LogP contribution in [0.2, 0.25) is 0 Å². The molecular weight excluding hydrogens is 522 g/mol. The summed E-state index contributed by atoms with van der Waals surface area (Å²) in [6.07, 6.45) is -0.0883. The minimum absolute atomic E-state index is 0.0704. The number of nitrogens with one attached hydrogen (secondary N) is 3. The van der Waals surface area contributed by atoms with Crippen molar-refractivity contribution in [3.63, 3.8) is 0 Å². The van der Waals surface area contributed by atoms with Gasteiger partial charge in [0, 0.05) is 25.0 Å². The lowest BCUT2D eigenvalue weighted by atomic mass is 9.85.